The van der Waals surface area contributed by atoms with Gasteiger partial charge in [-0.2, -0.15) is 0 Å². The van der Waals surface area contributed by atoms with E-state index in [1.54, 1.807) is 0 Å². The van der Waals surface area contributed by atoms with Gasteiger partial charge in [0.05, 0.1) is 18.8 Å². The molecule has 68 valence electrons. The maximum Gasteiger partial charge on any atom is 0.183 e. The van der Waals surface area contributed by atoms with Crippen LogP contribution in [0, 0.1) is 0 Å². The van der Waals surface area contributed by atoms with Gasteiger partial charge in [0.1, 0.15) is 6.10 Å². The lowest BCUT2D eigenvalue weighted by Gasteiger charge is -2.32. The van der Waals surface area contributed by atoms with Gasteiger partial charge in [-0.05, 0) is 5.53 Å². The van der Waals surface area contributed by atoms with Gasteiger partial charge < -0.3 is 20.1 Å². The first kappa shape index (κ1) is 9.24. The first-order chi connectivity index (χ1) is 5.66. The summed E-state index contributed by atoms with van der Waals surface area (Å²) in [6.07, 6.45) is -4.11. The molecule has 3 N–H and O–H groups in total. The zero-order valence-electron chi connectivity index (χ0n) is 6.11. The average molecular weight is 175 g/mol. The molecule has 0 spiro atoms. The predicted molar refractivity (Wildman–Crippen MR) is 36.9 cm³/mol. The van der Waals surface area contributed by atoms with Crippen molar-refractivity contribution < 1.29 is 20.1 Å². The number of aliphatic hydroxyl groups excluding tert-OH is 3. The van der Waals surface area contributed by atoms with Crippen molar-refractivity contribution in [1.29, 1.82) is 0 Å². The third-order valence-corrected chi connectivity index (χ3v) is 1.67. The number of azide groups is 1. The molecule has 0 aromatic heterocycles. The lowest BCUT2D eigenvalue weighted by molar-refractivity contribution is -0.225. The van der Waals surface area contributed by atoms with Crippen LogP contribution in [0.2, 0.25) is 0 Å². The second kappa shape index (κ2) is 3.70. The van der Waals surface area contributed by atoms with Crippen LogP contribution < -0.4 is 0 Å². The van der Waals surface area contributed by atoms with Gasteiger partial charge in [0.2, 0.25) is 0 Å². The topological polar surface area (TPSA) is 119 Å². The Labute approximate surface area is 67.8 Å². The summed E-state index contributed by atoms with van der Waals surface area (Å²) in [5.41, 5.74) is 8.04. The average Bonchev–Trinajstić information content (AvgIpc) is 2.07. The number of hydrogen-bond donors (Lipinski definition) is 3. The molecule has 0 bridgehead atoms. The minimum Gasteiger partial charge on any atom is -0.390 e. The van der Waals surface area contributed by atoms with Crippen LogP contribution >= 0.6 is 0 Å². The van der Waals surface area contributed by atoms with Crippen molar-refractivity contribution in [2.75, 3.05) is 6.61 Å². The molecule has 0 saturated carbocycles. The molecule has 0 aromatic rings. The Kier molecular flexibility index (Phi) is 2.85. The minimum atomic E-state index is -1.42. The number of rotatable bonds is 1. The fourth-order valence-corrected chi connectivity index (χ4v) is 0.959. The second-order valence-electron chi connectivity index (χ2n) is 2.48. The first-order valence-corrected chi connectivity index (χ1v) is 3.37. The summed E-state index contributed by atoms with van der Waals surface area (Å²) in [5, 5.41) is 30.3. The van der Waals surface area contributed by atoms with Gasteiger partial charge in [-0.15, -0.1) is 0 Å². The summed E-state index contributed by atoms with van der Waals surface area (Å²) in [6.45, 7) is -0.0938. The monoisotopic (exact) mass is 175 g/mol. The highest BCUT2D eigenvalue weighted by Crippen LogP contribution is 2.15. The van der Waals surface area contributed by atoms with E-state index in [2.05, 4.69) is 14.8 Å². The van der Waals surface area contributed by atoms with Crippen LogP contribution in [0.1, 0.15) is 0 Å². The van der Waals surface area contributed by atoms with E-state index < -0.39 is 24.5 Å². The van der Waals surface area contributed by atoms with Gasteiger partial charge in [0, 0.05) is 4.91 Å². The Balaban J connectivity index is 2.64. The highest BCUT2D eigenvalue weighted by molar-refractivity contribution is 4.87. The Morgan fingerprint density at radius 1 is 1.33 bits per heavy atom. The normalized spacial score (nSPS) is 41.9. The smallest absolute Gasteiger partial charge is 0.183 e. The molecule has 0 aliphatic carbocycles. The predicted octanol–water partition coefficient (Wildman–Crippen LogP) is -1.26. The molecular weight excluding hydrogens is 166 g/mol. The highest BCUT2D eigenvalue weighted by atomic mass is 16.6. The van der Waals surface area contributed by atoms with E-state index in [9.17, 15) is 5.11 Å². The SMILES string of the molecule is [N-]=[N+]=NC1COC(O)C(O)C1O. The molecule has 1 aliphatic rings. The molecule has 4 unspecified atom stereocenters. The van der Waals surface area contributed by atoms with Gasteiger partial charge in [-0.1, -0.05) is 5.11 Å². The number of ether oxygens (including phenoxy) is 1. The van der Waals surface area contributed by atoms with E-state index in [0.29, 0.717) is 0 Å². The van der Waals surface area contributed by atoms with Crippen molar-refractivity contribution in [1.82, 2.24) is 0 Å². The molecular formula is C5H9N3O4. The molecule has 12 heavy (non-hydrogen) atoms. The molecule has 1 fully saturated rings. The highest BCUT2D eigenvalue weighted by Gasteiger charge is 2.36. The summed E-state index contributed by atoms with van der Waals surface area (Å²) >= 11 is 0. The Morgan fingerprint density at radius 2 is 2.00 bits per heavy atom. The molecule has 7 nitrogen and oxygen atoms in total. The van der Waals surface area contributed by atoms with Crippen molar-refractivity contribution in [3.05, 3.63) is 10.4 Å². The second-order valence-corrected chi connectivity index (χ2v) is 2.48. The van der Waals surface area contributed by atoms with E-state index in [-0.39, 0.29) is 6.61 Å². The van der Waals surface area contributed by atoms with Crippen molar-refractivity contribution in [2.45, 2.75) is 24.5 Å². The van der Waals surface area contributed by atoms with Crippen LogP contribution in [0.25, 0.3) is 10.4 Å². The van der Waals surface area contributed by atoms with Gasteiger partial charge in [-0.3, -0.25) is 0 Å². The largest absolute Gasteiger partial charge is 0.390 e. The minimum absolute atomic E-state index is 0.0938. The lowest BCUT2D eigenvalue weighted by Crippen LogP contribution is -2.51. The molecule has 1 heterocycles. The van der Waals surface area contributed by atoms with E-state index >= 15 is 0 Å². The van der Waals surface area contributed by atoms with Crippen LogP contribution in [-0.4, -0.2) is 46.5 Å². The third-order valence-electron chi connectivity index (χ3n) is 1.67. The Morgan fingerprint density at radius 3 is 2.58 bits per heavy atom. The maximum atomic E-state index is 9.18. The fourth-order valence-electron chi connectivity index (χ4n) is 0.959. The number of hydrogen-bond acceptors (Lipinski definition) is 5. The van der Waals surface area contributed by atoms with Crippen molar-refractivity contribution >= 4 is 0 Å². The van der Waals surface area contributed by atoms with Crippen molar-refractivity contribution in [3.63, 3.8) is 0 Å². The fraction of sp³-hybridized carbons (Fsp3) is 1.00. The lowest BCUT2D eigenvalue weighted by atomic mass is 10.0. The summed E-state index contributed by atoms with van der Waals surface area (Å²) < 4.78 is 4.61. The van der Waals surface area contributed by atoms with E-state index in [0.717, 1.165) is 0 Å². The van der Waals surface area contributed by atoms with E-state index in [1.807, 2.05) is 0 Å². The summed E-state index contributed by atoms with van der Waals surface area (Å²) in [4.78, 5) is 2.46. The molecule has 7 heteroatoms. The first-order valence-electron chi connectivity index (χ1n) is 3.37. The summed E-state index contributed by atoms with van der Waals surface area (Å²) in [6, 6.07) is -0.839. The molecule has 1 saturated heterocycles. The van der Waals surface area contributed by atoms with Crippen LogP contribution in [0.3, 0.4) is 0 Å². The van der Waals surface area contributed by atoms with Crippen LogP contribution in [-0.2, 0) is 4.74 Å². The molecule has 0 aromatic carbocycles. The third kappa shape index (κ3) is 1.66. The van der Waals surface area contributed by atoms with Gasteiger partial charge >= 0.3 is 0 Å². The molecule has 0 radical (unpaired) electrons. The van der Waals surface area contributed by atoms with E-state index in [1.165, 1.54) is 0 Å². The number of aliphatic hydroxyl groups is 3. The van der Waals surface area contributed by atoms with Crippen LogP contribution in [0.15, 0.2) is 5.11 Å². The molecule has 1 aliphatic heterocycles. The van der Waals surface area contributed by atoms with E-state index in [4.69, 9.17) is 15.7 Å². The molecule has 4 atom stereocenters. The standard InChI is InChI=1S/C5H9N3O4/c6-8-7-2-1-12-5(11)4(10)3(2)9/h2-5,9-11H,1H2. The van der Waals surface area contributed by atoms with Crippen molar-refractivity contribution in [3.8, 4) is 0 Å². The summed E-state index contributed by atoms with van der Waals surface area (Å²) in [5.74, 6) is 0. The zero-order valence-corrected chi connectivity index (χ0v) is 6.11. The molecule has 0 amide bonds. The Bertz CT molecular complexity index is 205. The maximum absolute atomic E-state index is 9.18. The summed E-state index contributed by atoms with van der Waals surface area (Å²) in [7, 11) is 0. The number of nitrogens with zero attached hydrogens (tertiary/aromatic N) is 3. The van der Waals surface area contributed by atoms with Gasteiger partial charge in [-0.25, -0.2) is 0 Å². The van der Waals surface area contributed by atoms with Gasteiger partial charge in [0.25, 0.3) is 0 Å². The molecule has 1 rings (SSSR count). The van der Waals surface area contributed by atoms with Crippen LogP contribution in [0.5, 0.6) is 0 Å². The van der Waals surface area contributed by atoms with Crippen LogP contribution in [0.4, 0.5) is 0 Å². The quantitative estimate of drug-likeness (QED) is 0.261. The van der Waals surface area contributed by atoms with Gasteiger partial charge in [0.15, 0.2) is 6.29 Å². The zero-order chi connectivity index (χ0) is 9.14. The Hall–Kier alpha value is -0.850. The van der Waals surface area contributed by atoms with Crippen molar-refractivity contribution in [2.24, 2.45) is 5.11 Å².